The Bertz CT molecular complexity index is 282. The van der Waals surface area contributed by atoms with E-state index in [1.54, 1.807) is 0 Å². The topological polar surface area (TPSA) is 24.9 Å². The van der Waals surface area contributed by atoms with Gasteiger partial charge in [-0.05, 0) is 50.3 Å². The molecule has 0 aliphatic carbocycles. The molecule has 1 rings (SSSR count). The van der Waals surface area contributed by atoms with Crippen molar-refractivity contribution in [1.82, 2.24) is 10.3 Å². The number of pyridine rings is 1. The summed E-state index contributed by atoms with van der Waals surface area (Å²) in [4.78, 5) is 4.38. The molecule has 2 heteroatoms. The number of hydrogen-bond acceptors (Lipinski definition) is 2. The zero-order valence-corrected chi connectivity index (χ0v) is 11.4. The van der Waals surface area contributed by atoms with Crippen molar-refractivity contribution >= 4 is 0 Å². The lowest BCUT2D eigenvalue weighted by molar-refractivity contribution is 0.416. The number of rotatable bonds is 8. The molecule has 0 aromatic carbocycles. The summed E-state index contributed by atoms with van der Waals surface area (Å²) in [5, 5.41) is 3.58. The third kappa shape index (κ3) is 6.42. The zero-order valence-electron chi connectivity index (χ0n) is 11.4. The first-order valence-electron chi connectivity index (χ1n) is 6.85. The van der Waals surface area contributed by atoms with Gasteiger partial charge < -0.3 is 5.32 Å². The van der Waals surface area contributed by atoms with Crippen molar-refractivity contribution in [2.75, 3.05) is 6.54 Å². The Labute approximate surface area is 106 Å². The SMILES string of the molecule is CCNC(CCc1ccccn1)CCC(C)C. The fraction of sp³-hybridized carbons (Fsp3) is 0.667. The van der Waals surface area contributed by atoms with E-state index < -0.39 is 0 Å². The van der Waals surface area contributed by atoms with Gasteiger partial charge in [-0.25, -0.2) is 0 Å². The second-order valence-corrected chi connectivity index (χ2v) is 5.09. The number of hydrogen-bond donors (Lipinski definition) is 1. The van der Waals surface area contributed by atoms with Crippen molar-refractivity contribution in [3.63, 3.8) is 0 Å². The first kappa shape index (κ1) is 14.2. The second-order valence-electron chi connectivity index (χ2n) is 5.09. The molecule has 1 atom stereocenters. The Morgan fingerprint density at radius 1 is 1.18 bits per heavy atom. The van der Waals surface area contributed by atoms with Crippen LogP contribution in [0.25, 0.3) is 0 Å². The summed E-state index contributed by atoms with van der Waals surface area (Å²) in [6.45, 7) is 7.83. The Kier molecular flexibility index (Phi) is 6.87. The lowest BCUT2D eigenvalue weighted by atomic mass is 9.99. The van der Waals surface area contributed by atoms with Crippen molar-refractivity contribution in [3.8, 4) is 0 Å². The minimum atomic E-state index is 0.643. The van der Waals surface area contributed by atoms with E-state index in [4.69, 9.17) is 0 Å². The minimum absolute atomic E-state index is 0.643. The summed E-state index contributed by atoms with van der Waals surface area (Å²) in [6.07, 6.45) is 6.73. The molecule has 1 N–H and O–H groups in total. The Balaban J connectivity index is 2.33. The van der Waals surface area contributed by atoms with E-state index in [0.29, 0.717) is 6.04 Å². The fourth-order valence-electron chi connectivity index (χ4n) is 2.04. The minimum Gasteiger partial charge on any atom is -0.314 e. The van der Waals surface area contributed by atoms with Crippen LogP contribution in [0.5, 0.6) is 0 Å². The van der Waals surface area contributed by atoms with E-state index >= 15 is 0 Å². The van der Waals surface area contributed by atoms with Crippen LogP contribution in [0.1, 0.15) is 45.7 Å². The maximum Gasteiger partial charge on any atom is 0.0404 e. The highest BCUT2D eigenvalue weighted by Crippen LogP contribution is 2.11. The highest BCUT2D eigenvalue weighted by Gasteiger charge is 2.08. The Morgan fingerprint density at radius 3 is 2.59 bits per heavy atom. The van der Waals surface area contributed by atoms with Gasteiger partial charge in [-0.2, -0.15) is 0 Å². The van der Waals surface area contributed by atoms with E-state index in [1.807, 2.05) is 12.3 Å². The molecular formula is C15H26N2. The predicted octanol–water partition coefficient (Wildman–Crippen LogP) is 3.43. The molecule has 0 aliphatic heterocycles. The van der Waals surface area contributed by atoms with Crippen LogP contribution in [0.3, 0.4) is 0 Å². The first-order chi connectivity index (χ1) is 8.22. The van der Waals surface area contributed by atoms with E-state index in [1.165, 1.54) is 25.0 Å². The lowest BCUT2D eigenvalue weighted by Crippen LogP contribution is -2.29. The van der Waals surface area contributed by atoms with Crippen molar-refractivity contribution < 1.29 is 0 Å². The van der Waals surface area contributed by atoms with Crippen molar-refractivity contribution in [2.45, 2.75) is 52.5 Å². The van der Waals surface area contributed by atoms with Gasteiger partial charge in [0.15, 0.2) is 0 Å². The summed E-state index contributed by atoms with van der Waals surface area (Å²) in [5.74, 6) is 0.797. The highest BCUT2D eigenvalue weighted by molar-refractivity contribution is 5.03. The summed E-state index contributed by atoms with van der Waals surface area (Å²) in [5.41, 5.74) is 1.21. The molecule has 0 aliphatic rings. The maximum atomic E-state index is 4.38. The summed E-state index contributed by atoms with van der Waals surface area (Å²) >= 11 is 0. The summed E-state index contributed by atoms with van der Waals surface area (Å²) in [6, 6.07) is 6.80. The van der Waals surface area contributed by atoms with Crippen LogP contribution < -0.4 is 5.32 Å². The van der Waals surface area contributed by atoms with Gasteiger partial charge in [-0.1, -0.05) is 26.8 Å². The average molecular weight is 234 g/mol. The quantitative estimate of drug-likeness (QED) is 0.745. The molecule has 1 aromatic rings. The van der Waals surface area contributed by atoms with Crippen LogP contribution >= 0.6 is 0 Å². The molecule has 0 bridgehead atoms. The molecule has 0 amide bonds. The van der Waals surface area contributed by atoms with Crippen LogP contribution in [-0.4, -0.2) is 17.6 Å². The molecule has 0 saturated heterocycles. The van der Waals surface area contributed by atoms with Crippen LogP contribution in [0.15, 0.2) is 24.4 Å². The van der Waals surface area contributed by atoms with Crippen LogP contribution in [0, 0.1) is 5.92 Å². The predicted molar refractivity (Wildman–Crippen MR) is 74.1 cm³/mol. The van der Waals surface area contributed by atoms with Crippen LogP contribution in [0.4, 0.5) is 0 Å². The third-order valence-corrected chi connectivity index (χ3v) is 3.06. The third-order valence-electron chi connectivity index (χ3n) is 3.06. The van der Waals surface area contributed by atoms with E-state index in [-0.39, 0.29) is 0 Å². The average Bonchev–Trinajstić information content (AvgIpc) is 2.34. The number of aromatic nitrogens is 1. The molecule has 96 valence electrons. The van der Waals surface area contributed by atoms with Gasteiger partial charge >= 0.3 is 0 Å². The van der Waals surface area contributed by atoms with Crippen LogP contribution in [-0.2, 0) is 6.42 Å². The summed E-state index contributed by atoms with van der Waals surface area (Å²) < 4.78 is 0. The van der Waals surface area contributed by atoms with Crippen molar-refractivity contribution in [3.05, 3.63) is 30.1 Å². The first-order valence-corrected chi connectivity index (χ1v) is 6.85. The normalized spacial score (nSPS) is 12.9. The molecule has 0 spiro atoms. The van der Waals surface area contributed by atoms with E-state index in [0.717, 1.165) is 18.9 Å². The fourth-order valence-corrected chi connectivity index (χ4v) is 2.04. The maximum absolute atomic E-state index is 4.38. The van der Waals surface area contributed by atoms with Crippen molar-refractivity contribution in [2.24, 2.45) is 5.92 Å². The molecular weight excluding hydrogens is 208 g/mol. The van der Waals surface area contributed by atoms with Gasteiger partial charge in [-0.3, -0.25) is 4.98 Å². The smallest absolute Gasteiger partial charge is 0.0404 e. The second kappa shape index (κ2) is 8.24. The standard InChI is InChI=1S/C15H26N2/c1-4-16-15(9-8-13(2)3)11-10-14-7-5-6-12-17-14/h5-7,12-13,15-16H,4,8-11H2,1-3H3. The monoisotopic (exact) mass is 234 g/mol. The van der Waals surface area contributed by atoms with Crippen LogP contribution in [0.2, 0.25) is 0 Å². The van der Waals surface area contributed by atoms with E-state index in [2.05, 4.69) is 43.2 Å². The molecule has 0 saturated carbocycles. The van der Waals surface area contributed by atoms with Crippen molar-refractivity contribution in [1.29, 1.82) is 0 Å². The van der Waals surface area contributed by atoms with Gasteiger partial charge in [0.25, 0.3) is 0 Å². The lowest BCUT2D eigenvalue weighted by Gasteiger charge is -2.18. The number of nitrogens with one attached hydrogen (secondary N) is 1. The van der Waals surface area contributed by atoms with Gasteiger partial charge in [-0.15, -0.1) is 0 Å². The molecule has 1 heterocycles. The largest absolute Gasteiger partial charge is 0.314 e. The summed E-state index contributed by atoms with van der Waals surface area (Å²) in [7, 11) is 0. The number of aryl methyl sites for hydroxylation is 1. The van der Waals surface area contributed by atoms with Gasteiger partial charge in [0, 0.05) is 17.9 Å². The highest BCUT2D eigenvalue weighted by atomic mass is 14.9. The molecule has 0 fully saturated rings. The molecule has 0 radical (unpaired) electrons. The van der Waals surface area contributed by atoms with Gasteiger partial charge in [0.05, 0.1) is 0 Å². The molecule has 1 aromatic heterocycles. The Hall–Kier alpha value is -0.890. The zero-order chi connectivity index (χ0) is 12.5. The van der Waals surface area contributed by atoms with Gasteiger partial charge in [0.1, 0.15) is 0 Å². The molecule has 17 heavy (non-hydrogen) atoms. The van der Waals surface area contributed by atoms with E-state index in [9.17, 15) is 0 Å². The van der Waals surface area contributed by atoms with Gasteiger partial charge in [0.2, 0.25) is 0 Å². The molecule has 1 unspecified atom stereocenters. The Morgan fingerprint density at radius 2 is 2.00 bits per heavy atom. The number of nitrogens with zero attached hydrogens (tertiary/aromatic N) is 1. The molecule has 2 nitrogen and oxygen atoms in total.